The molecule has 2 N–H and O–H groups in total. The average molecular weight is 253 g/mol. The van der Waals surface area contributed by atoms with Gasteiger partial charge >= 0.3 is 0 Å². The summed E-state index contributed by atoms with van der Waals surface area (Å²) < 4.78 is 5.54. The third-order valence-electron chi connectivity index (χ3n) is 5.72. The molecule has 18 heavy (non-hydrogen) atoms. The molecule has 3 heteroatoms. The Morgan fingerprint density at radius 2 is 1.89 bits per heavy atom. The molecule has 1 atom stereocenters. The van der Waals surface area contributed by atoms with Crippen LogP contribution in [0.4, 0.5) is 0 Å². The van der Waals surface area contributed by atoms with Gasteiger partial charge in [-0.15, -0.1) is 0 Å². The van der Waals surface area contributed by atoms with Crippen LogP contribution in [0.25, 0.3) is 0 Å². The van der Waals surface area contributed by atoms with Crippen molar-refractivity contribution in [1.29, 1.82) is 0 Å². The molecule has 2 saturated carbocycles. The molecule has 2 aliphatic carbocycles. The summed E-state index contributed by atoms with van der Waals surface area (Å²) in [6.07, 6.45) is 10.2. The molecule has 0 aromatic rings. The first-order valence-electron chi connectivity index (χ1n) is 7.71. The third kappa shape index (κ3) is 2.45. The molecule has 0 amide bonds. The van der Waals surface area contributed by atoms with E-state index in [9.17, 15) is 0 Å². The van der Waals surface area contributed by atoms with E-state index < -0.39 is 0 Å². The van der Waals surface area contributed by atoms with Crippen LogP contribution in [0.15, 0.2) is 0 Å². The molecular weight excluding hydrogens is 226 g/mol. The van der Waals surface area contributed by atoms with Crippen molar-refractivity contribution in [2.45, 2.75) is 57.4 Å². The summed E-state index contributed by atoms with van der Waals surface area (Å²) in [7, 11) is 0. The zero-order valence-corrected chi connectivity index (χ0v) is 11.4. The van der Waals surface area contributed by atoms with E-state index in [2.05, 4.69) is 5.32 Å². The number of hydrogen-bond acceptors (Lipinski definition) is 3. The molecule has 3 nitrogen and oxygen atoms in total. The van der Waals surface area contributed by atoms with E-state index in [1.165, 1.54) is 44.9 Å². The van der Waals surface area contributed by atoms with Crippen molar-refractivity contribution in [3.05, 3.63) is 0 Å². The SMILES string of the molecule is OCCC1(CNC2CCCC23CCOCC3)CC1. The lowest BCUT2D eigenvalue weighted by atomic mass is 9.75. The van der Waals surface area contributed by atoms with Crippen LogP contribution in [0.3, 0.4) is 0 Å². The second-order valence-electron chi connectivity index (χ2n) is 6.77. The Kier molecular flexibility index (Phi) is 3.65. The largest absolute Gasteiger partial charge is 0.396 e. The van der Waals surface area contributed by atoms with Gasteiger partial charge in [0.1, 0.15) is 0 Å². The number of aliphatic hydroxyl groups excluding tert-OH is 1. The zero-order valence-electron chi connectivity index (χ0n) is 11.4. The molecule has 104 valence electrons. The van der Waals surface area contributed by atoms with E-state index >= 15 is 0 Å². The van der Waals surface area contributed by atoms with Gasteiger partial charge in [-0.1, -0.05) is 6.42 Å². The van der Waals surface area contributed by atoms with Gasteiger partial charge in [0.15, 0.2) is 0 Å². The lowest BCUT2D eigenvalue weighted by Gasteiger charge is -2.40. The zero-order chi connectivity index (χ0) is 12.5. The van der Waals surface area contributed by atoms with Crippen molar-refractivity contribution in [1.82, 2.24) is 5.32 Å². The van der Waals surface area contributed by atoms with E-state index in [4.69, 9.17) is 9.84 Å². The Morgan fingerprint density at radius 3 is 2.56 bits per heavy atom. The molecular formula is C15H27NO2. The van der Waals surface area contributed by atoms with Gasteiger partial charge in [0.2, 0.25) is 0 Å². The summed E-state index contributed by atoms with van der Waals surface area (Å²) in [5, 5.41) is 13.0. The Balaban J connectivity index is 1.55. The van der Waals surface area contributed by atoms with Crippen LogP contribution >= 0.6 is 0 Å². The first kappa shape index (κ1) is 12.9. The second kappa shape index (κ2) is 5.10. The molecule has 0 bridgehead atoms. The maximum absolute atomic E-state index is 9.13. The molecule has 1 saturated heterocycles. The summed E-state index contributed by atoms with van der Waals surface area (Å²) in [5.74, 6) is 0. The van der Waals surface area contributed by atoms with Crippen molar-refractivity contribution in [2.75, 3.05) is 26.4 Å². The lowest BCUT2D eigenvalue weighted by Crippen LogP contribution is -2.46. The van der Waals surface area contributed by atoms with Gasteiger partial charge in [0, 0.05) is 32.4 Å². The van der Waals surface area contributed by atoms with E-state index in [1.807, 2.05) is 0 Å². The summed E-state index contributed by atoms with van der Waals surface area (Å²) in [5.41, 5.74) is 0.983. The standard InChI is InChI=1S/C15H27NO2/c17-9-6-14(4-5-14)12-16-13-2-1-3-15(13)7-10-18-11-8-15/h13,16-17H,1-12H2. The molecule has 3 rings (SSSR count). The number of rotatable bonds is 5. The summed E-state index contributed by atoms with van der Waals surface area (Å²) >= 11 is 0. The maximum atomic E-state index is 9.13. The maximum Gasteiger partial charge on any atom is 0.0471 e. The highest BCUT2D eigenvalue weighted by Gasteiger charge is 2.46. The second-order valence-corrected chi connectivity index (χ2v) is 6.77. The minimum atomic E-state index is 0.353. The van der Waals surface area contributed by atoms with E-state index in [1.54, 1.807) is 0 Å². The van der Waals surface area contributed by atoms with Crippen molar-refractivity contribution < 1.29 is 9.84 Å². The van der Waals surface area contributed by atoms with Crippen LogP contribution < -0.4 is 5.32 Å². The van der Waals surface area contributed by atoms with Crippen molar-refractivity contribution in [3.63, 3.8) is 0 Å². The predicted molar refractivity (Wildman–Crippen MR) is 71.5 cm³/mol. The van der Waals surface area contributed by atoms with Crippen LogP contribution in [0.2, 0.25) is 0 Å². The molecule has 0 radical (unpaired) electrons. The number of nitrogens with one attached hydrogen (secondary N) is 1. The monoisotopic (exact) mass is 253 g/mol. The number of aliphatic hydroxyl groups is 1. The van der Waals surface area contributed by atoms with Gasteiger partial charge in [0.05, 0.1) is 0 Å². The molecule has 1 aliphatic heterocycles. The lowest BCUT2D eigenvalue weighted by molar-refractivity contribution is 0.00349. The Labute approximate surface area is 110 Å². The fourth-order valence-corrected chi connectivity index (χ4v) is 4.10. The molecule has 0 aromatic heterocycles. The van der Waals surface area contributed by atoms with E-state index in [-0.39, 0.29) is 0 Å². The first-order chi connectivity index (χ1) is 8.79. The first-order valence-corrected chi connectivity index (χ1v) is 7.71. The minimum absolute atomic E-state index is 0.353. The van der Waals surface area contributed by atoms with Gasteiger partial charge in [-0.25, -0.2) is 0 Å². The van der Waals surface area contributed by atoms with Crippen molar-refractivity contribution in [3.8, 4) is 0 Å². The topological polar surface area (TPSA) is 41.5 Å². The Morgan fingerprint density at radius 1 is 1.11 bits per heavy atom. The van der Waals surface area contributed by atoms with Crippen LogP contribution in [0.5, 0.6) is 0 Å². The summed E-state index contributed by atoms with van der Waals surface area (Å²) in [6, 6.07) is 0.706. The van der Waals surface area contributed by atoms with E-state index in [0.29, 0.717) is 23.5 Å². The minimum Gasteiger partial charge on any atom is -0.396 e. The Hall–Kier alpha value is -0.120. The normalized spacial score (nSPS) is 32.8. The van der Waals surface area contributed by atoms with Crippen LogP contribution in [-0.4, -0.2) is 37.5 Å². The average Bonchev–Trinajstić information content (AvgIpc) is 3.05. The molecule has 3 fully saturated rings. The summed E-state index contributed by atoms with van der Waals surface area (Å²) in [6.45, 7) is 3.39. The van der Waals surface area contributed by atoms with Crippen molar-refractivity contribution >= 4 is 0 Å². The quantitative estimate of drug-likeness (QED) is 0.788. The van der Waals surface area contributed by atoms with Gasteiger partial charge in [0.25, 0.3) is 0 Å². The van der Waals surface area contributed by atoms with Gasteiger partial charge in [-0.05, 0) is 55.8 Å². The number of ether oxygens (including phenoxy) is 1. The van der Waals surface area contributed by atoms with Crippen LogP contribution in [0.1, 0.15) is 51.4 Å². The highest BCUT2D eigenvalue weighted by atomic mass is 16.5. The fourth-order valence-electron chi connectivity index (χ4n) is 4.10. The molecule has 0 aromatic carbocycles. The molecule has 1 unspecified atom stereocenters. The van der Waals surface area contributed by atoms with Crippen LogP contribution in [0, 0.1) is 10.8 Å². The third-order valence-corrected chi connectivity index (χ3v) is 5.72. The molecule has 1 spiro atoms. The van der Waals surface area contributed by atoms with Gasteiger partial charge in [-0.2, -0.15) is 0 Å². The fraction of sp³-hybridized carbons (Fsp3) is 1.00. The van der Waals surface area contributed by atoms with Crippen LogP contribution in [-0.2, 0) is 4.74 Å². The smallest absolute Gasteiger partial charge is 0.0471 e. The highest BCUT2D eigenvalue weighted by molar-refractivity contribution is 5.01. The van der Waals surface area contributed by atoms with Gasteiger partial charge < -0.3 is 15.2 Å². The number of hydrogen-bond donors (Lipinski definition) is 2. The summed E-state index contributed by atoms with van der Waals surface area (Å²) in [4.78, 5) is 0. The van der Waals surface area contributed by atoms with Gasteiger partial charge in [-0.3, -0.25) is 0 Å². The Bertz CT molecular complexity index is 282. The molecule has 1 heterocycles. The highest BCUT2D eigenvalue weighted by Crippen LogP contribution is 2.50. The van der Waals surface area contributed by atoms with E-state index in [0.717, 1.165) is 26.2 Å². The van der Waals surface area contributed by atoms with Crippen molar-refractivity contribution in [2.24, 2.45) is 10.8 Å². The molecule has 3 aliphatic rings. The predicted octanol–water partition coefficient (Wildman–Crippen LogP) is 2.09.